The molecule has 1 heterocycles. The van der Waals surface area contributed by atoms with Crippen LogP contribution in [0.5, 0.6) is 0 Å². The molecule has 1 saturated heterocycles. The lowest BCUT2D eigenvalue weighted by Crippen LogP contribution is -2.50. The Morgan fingerprint density at radius 1 is 1.45 bits per heavy atom. The second kappa shape index (κ2) is 7.81. The molecule has 0 bridgehead atoms. The van der Waals surface area contributed by atoms with Crippen molar-refractivity contribution in [2.45, 2.75) is 38.8 Å². The van der Waals surface area contributed by atoms with Crippen LogP contribution in [0.15, 0.2) is 24.3 Å². The predicted molar refractivity (Wildman–Crippen MR) is 86.4 cm³/mol. The van der Waals surface area contributed by atoms with Crippen LogP contribution < -0.4 is 10.6 Å². The van der Waals surface area contributed by atoms with Crippen molar-refractivity contribution in [2.75, 3.05) is 19.6 Å². The summed E-state index contributed by atoms with van der Waals surface area (Å²) in [6.45, 7) is 7.17. The highest BCUT2D eigenvalue weighted by Crippen LogP contribution is 2.13. The third-order valence-electron chi connectivity index (χ3n) is 4.18. The molecule has 0 spiro atoms. The molecule has 2 N–H and O–H groups in total. The van der Waals surface area contributed by atoms with E-state index < -0.39 is 0 Å². The number of amides is 2. The van der Waals surface area contributed by atoms with Gasteiger partial charge in [-0.3, -0.25) is 0 Å². The first-order chi connectivity index (χ1) is 10.6. The smallest absolute Gasteiger partial charge is 0.315 e. The van der Waals surface area contributed by atoms with Gasteiger partial charge in [0.1, 0.15) is 0 Å². The highest BCUT2D eigenvalue weighted by molar-refractivity contribution is 5.74. The van der Waals surface area contributed by atoms with Gasteiger partial charge < -0.3 is 15.5 Å². The summed E-state index contributed by atoms with van der Waals surface area (Å²) in [6, 6.07) is 9.40. The Labute approximate surface area is 132 Å². The molecule has 1 aromatic rings. The standard InChI is InChI=1S/C17H24N4O/c1-3-21-10-4-5-16(12-21)20-17(22)19-13(2)15-8-6-14(11-18)7-9-15/h6-9,13,16H,3-5,10,12H2,1-2H3,(H2,19,20,22)/t13-,16+/m0/s1. The van der Waals surface area contributed by atoms with Crippen molar-refractivity contribution in [3.63, 3.8) is 0 Å². The van der Waals surface area contributed by atoms with Gasteiger partial charge in [-0.15, -0.1) is 0 Å². The van der Waals surface area contributed by atoms with Gasteiger partial charge in [0, 0.05) is 12.6 Å². The Morgan fingerprint density at radius 3 is 2.82 bits per heavy atom. The zero-order chi connectivity index (χ0) is 15.9. The molecule has 5 heteroatoms. The number of likely N-dealkylation sites (tertiary alicyclic amines) is 1. The van der Waals surface area contributed by atoms with E-state index >= 15 is 0 Å². The summed E-state index contributed by atoms with van der Waals surface area (Å²) in [5, 5.41) is 14.8. The topological polar surface area (TPSA) is 68.2 Å². The fourth-order valence-electron chi connectivity index (χ4n) is 2.81. The Hall–Kier alpha value is -2.06. The molecule has 118 valence electrons. The van der Waals surface area contributed by atoms with E-state index in [1.165, 1.54) is 0 Å². The number of benzene rings is 1. The van der Waals surface area contributed by atoms with E-state index in [0.29, 0.717) is 5.56 Å². The second-order valence-corrected chi connectivity index (χ2v) is 5.81. The van der Waals surface area contributed by atoms with Gasteiger partial charge in [0.2, 0.25) is 0 Å². The summed E-state index contributed by atoms with van der Waals surface area (Å²) in [6.07, 6.45) is 2.17. The van der Waals surface area contributed by atoms with Crippen LogP contribution in [0.25, 0.3) is 0 Å². The fraction of sp³-hybridized carbons (Fsp3) is 0.529. The van der Waals surface area contributed by atoms with Gasteiger partial charge in [-0.05, 0) is 50.6 Å². The van der Waals surface area contributed by atoms with E-state index in [9.17, 15) is 4.79 Å². The molecule has 5 nitrogen and oxygen atoms in total. The van der Waals surface area contributed by atoms with Gasteiger partial charge in [-0.25, -0.2) is 4.79 Å². The maximum Gasteiger partial charge on any atom is 0.315 e. The fourth-order valence-corrected chi connectivity index (χ4v) is 2.81. The lowest BCUT2D eigenvalue weighted by Gasteiger charge is -2.32. The van der Waals surface area contributed by atoms with Gasteiger partial charge in [-0.2, -0.15) is 5.26 Å². The number of urea groups is 1. The van der Waals surface area contributed by atoms with Gasteiger partial charge in [-0.1, -0.05) is 19.1 Å². The number of hydrogen-bond acceptors (Lipinski definition) is 3. The van der Waals surface area contributed by atoms with Crippen LogP contribution in [0, 0.1) is 11.3 Å². The molecule has 0 aromatic heterocycles. The van der Waals surface area contributed by atoms with Crippen LogP contribution in [0.4, 0.5) is 4.79 Å². The van der Waals surface area contributed by atoms with Crippen molar-refractivity contribution in [1.82, 2.24) is 15.5 Å². The van der Waals surface area contributed by atoms with Gasteiger partial charge in [0.15, 0.2) is 0 Å². The molecule has 1 aromatic carbocycles. The number of nitrogens with one attached hydrogen (secondary N) is 2. The number of carbonyl (C=O) groups is 1. The molecular formula is C17H24N4O. The predicted octanol–water partition coefficient (Wildman–Crippen LogP) is 2.40. The average Bonchev–Trinajstić information content (AvgIpc) is 2.55. The summed E-state index contributed by atoms with van der Waals surface area (Å²) in [4.78, 5) is 14.5. The van der Waals surface area contributed by atoms with Crippen LogP contribution in [-0.2, 0) is 0 Å². The minimum absolute atomic E-state index is 0.0846. The molecule has 0 saturated carbocycles. The minimum Gasteiger partial charge on any atom is -0.334 e. The number of nitriles is 1. The van der Waals surface area contributed by atoms with Crippen LogP contribution in [-0.4, -0.2) is 36.6 Å². The molecule has 1 aliphatic rings. The number of hydrogen-bond donors (Lipinski definition) is 2. The third kappa shape index (κ3) is 4.47. The molecule has 1 fully saturated rings. The summed E-state index contributed by atoms with van der Waals surface area (Å²) < 4.78 is 0. The Bertz CT molecular complexity index is 535. The highest BCUT2D eigenvalue weighted by Gasteiger charge is 2.20. The molecular weight excluding hydrogens is 276 g/mol. The maximum atomic E-state index is 12.1. The van der Waals surface area contributed by atoms with Gasteiger partial charge in [0.05, 0.1) is 17.7 Å². The summed E-state index contributed by atoms with van der Waals surface area (Å²) in [7, 11) is 0. The van der Waals surface area contributed by atoms with Gasteiger partial charge in [0.25, 0.3) is 0 Å². The molecule has 0 unspecified atom stereocenters. The van der Waals surface area contributed by atoms with Crippen molar-refractivity contribution in [2.24, 2.45) is 0 Å². The van der Waals surface area contributed by atoms with Crippen LogP contribution >= 0.6 is 0 Å². The molecule has 0 radical (unpaired) electrons. The van der Waals surface area contributed by atoms with Crippen molar-refractivity contribution in [1.29, 1.82) is 5.26 Å². The number of nitrogens with zero attached hydrogens (tertiary/aromatic N) is 2. The molecule has 22 heavy (non-hydrogen) atoms. The first kappa shape index (κ1) is 16.3. The van der Waals surface area contributed by atoms with E-state index in [4.69, 9.17) is 5.26 Å². The van der Waals surface area contributed by atoms with E-state index in [1.54, 1.807) is 12.1 Å². The number of rotatable bonds is 4. The van der Waals surface area contributed by atoms with Crippen molar-refractivity contribution >= 4 is 6.03 Å². The normalized spacial score (nSPS) is 20.0. The molecule has 1 aliphatic heterocycles. The quantitative estimate of drug-likeness (QED) is 0.897. The Morgan fingerprint density at radius 2 is 2.18 bits per heavy atom. The maximum absolute atomic E-state index is 12.1. The van der Waals surface area contributed by atoms with Crippen molar-refractivity contribution < 1.29 is 4.79 Å². The zero-order valence-corrected chi connectivity index (χ0v) is 13.3. The lowest BCUT2D eigenvalue weighted by atomic mass is 10.1. The SMILES string of the molecule is CCN1CCC[C@@H](NC(=O)N[C@@H](C)c2ccc(C#N)cc2)C1. The number of carbonyl (C=O) groups excluding carboxylic acids is 1. The molecule has 2 atom stereocenters. The monoisotopic (exact) mass is 300 g/mol. The molecule has 2 rings (SSSR count). The largest absolute Gasteiger partial charge is 0.334 e. The molecule has 2 amide bonds. The van der Waals surface area contributed by atoms with E-state index in [2.05, 4.69) is 28.5 Å². The first-order valence-electron chi connectivity index (χ1n) is 7.91. The highest BCUT2D eigenvalue weighted by atomic mass is 16.2. The lowest BCUT2D eigenvalue weighted by molar-refractivity contribution is 0.191. The van der Waals surface area contributed by atoms with Crippen molar-refractivity contribution in [3.05, 3.63) is 35.4 Å². The zero-order valence-electron chi connectivity index (χ0n) is 13.3. The third-order valence-corrected chi connectivity index (χ3v) is 4.18. The summed E-state index contributed by atoms with van der Waals surface area (Å²) in [5.41, 5.74) is 1.62. The van der Waals surface area contributed by atoms with E-state index in [1.807, 2.05) is 19.1 Å². The van der Waals surface area contributed by atoms with E-state index in [0.717, 1.165) is 38.0 Å². The second-order valence-electron chi connectivity index (χ2n) is 5.81. The number of piperidine rings is 1. The average molecular weight is 300 g/mol. The minimum atomic E-state index is -0.125. The van der Waals surface area contributed by atoms with E-state index in [-0.39, 0.29) is 18.1 Å². The van der Waals surface area contributed by atoms with Crippen LogP contribution in [0.3, 0.4) is 0 Å². The molecule has 0 aliphatic carbocycles. The Balaban J connectivity index is 1.84. The summed E-state index contributed by atoms with van der Waals surface area (Å²) >= 11 is 0. The summed E-state index contributed by atoms with van der Waals surface area (Å²) in [5.74, 6) is 0. The van der Waals surface area contributed by atoms with Crippen LogP contribution in [0.2, 0.25) is 0 Å². The van der Waals surface area contributed by atoms with Crippen molar-refractivity contribution in [3.8, 4) is 6.07 Å². The van der Waals surface area contributed by atoms with Gasteiger partial charge >= 0.3 is 6.03 Å². The first-order valence-corrected chi connectivity index (χ1v) is 7.91. The number of likely N-dealkylation sites (N-methyl/N-ethyl adjacent to an activating group) is 1. The Kier molecular flexibility index (Phi) is 5.79. The van der Waals surface area contributed by atoms with Crippen LogP contribution in [0.1, 0.15) is 43.9 Å².